The number of nitrogens with two attached hydrogens (primary N) is 1. The summed E-state index contributed by atoms with van der Waals surface area (Å²) in [5.41, 5.74) is 6.59. The van der Waals surface area contributed by atoms with Crippen LogP contribution in [0.1, 0.15) is 57.4 Å². The lowest BCUT2D eigenvalue weighted by molar-refractivity contribution is 0.301. The molecule has 0 aromatic heterocycles. The summed E-state index contributed by atoms with van der Waals surface area (Å²) in [4.78, 5) is 0. The first-order chi connectivity index (χ1) is 9.29. The monoisotopic (exact) mass is 283 g/mol. The van der Waals surface area contributed by atoms with Crippen LogP contribution in [0.15, 0.2) is 18.2 Å². The molecule has 2 N–H and O–H groups in total. The largest absolute Gasteiger partial charge is 0.493 e. The van der Waals surface area contributed by atoms with Crippen molar-refractivity contribution in [2.75, 3.05) is 6.61 Å². The molecule has 0 saturated heterocycles. The van der Waals surface area contributed by atoms with Gasteiger partial charge >= 0.3 is 0 Å². The Morgan fingerprint density at radius 1 is 1.05 bits per heavy atom. The number of hydrogen-bond donors (Lipinski definition) is 1. The third-order valence-electron chi connectivity index (χ3n) is 3.29. The molecule has 1 aromatic carbocycles. The van der Waals surface area contributed by atoms with Crippen LogP contribution >= 0.6 is 11.6 Å². The number of ether oxygens (including phenoxy) is 1. The third-order valence-corrected chi connectivity index (χ3v) is 3.64. The lowest BCUT2D eigenvalue weighted by atomic mass is 10.1. The van der Waals surface area contributed by atoms with Gasteiger partial charge in [-0.25, -0.2) is 0 Å². The van der Waals surface area contributed by atoms with E-state index in [-0.39, 0.29) is 0 Å². The molecule has 3 heteroatoms. The van der Waals surface area contributed by atoms with Crippen LogP contribution in [0.25, 0.3) is 0 Å². The Balaban J connectivity index is 2.17. The summed E-state index contributed by atoms with van der Waals surface area (Å²) in [6, 6.07) is 5.70. The average molecular weight is 284 g/mol. The molecule has 2 nitrogen and oxygen atoms in total. The highest BCUT2D eigenvalue weighted by molar-refractivity contribution is 6.31. The van der Waals surface area contributed by atoms with Gasteiger partial charge in [-0.15, -0.1) is 0 Å². The minimum atomic E-state index is 0.423. The fourth-order valence-electron chi connectivity index (χ4n) is 2.11. The first kappa shape index (κ1) is 16.3. The molecule has 0 fully saturated rings. The van der Waals surface area contributed by atoms with Gasteiger partial charge in [0.1, 0.15) is 5.75 Å². The predicted octanol–water partition coefficient (Wildman–Crippen LogP) is 4.93. The minimum Gasteiger partial charge on any atom is -0.493 e. The fraction of sp³-hybridized carbons (Fsp3) is 0.625. The lowest BCUT2D eigenvalue weighted by Crippen LogP contribution is -2.04. The van der Waals surface area contributed by atoms with E-state index in [9.17, 15) is 0 Å². The van der Waals surface area contributed by atoms with E-state index in [1.807, 2.05) is 18.2 Å². The molecule has 0 bridgehead atoms. The fourth-order valence-corrected chi connectivity index (χ4v) is 2.36. The Bertz CT molecular complexity index is 355. The van der Waals surface area contributed by atoms with Crippen LogP contribution in [-0.4, -0.2) is 6.61 Å². The maximum atomic E-state index is 6.08. The number of hydrogen-bond acceptors (Lipinski definition) is 2. The molecule has 0 aliphatic heterocycles. The zero-order chi connectivity index (χ0) is 13.9. The molecule has 108 valence electrons. The topological polar surface area (TPSA) is 35.2 Å². The Kier molecular flexibility index (Phi) is 8.68. The van der Waals surface area contributed by atoms with Crippen molar-refractivity contribution in [3.05, 3.63) is 28.8 Å². The molecular formula is C16H26ClNO. The lowest BCUT2D eigenvalue weighted by Gasteiger charge is -2.11. The molecule has 0 saturated carbocycles. The molecular weight excluding hydrogens is 258 g/mol. The Morgan fingerprint density at radius 3 is 2.42 bits per heavy atom. The molecule has 0 spiro atoms. The minimum absolute atomic E-state index is 0.423. The van der Waals surface area contributed by atoms with Gasteiger partial charge in [-0.05, 0) is 18.6 Å². The number of halogens is 1. The Hall–Kier alpha value is -0.730. The van der Waals surface area contributed by atoms with Crippen molar-refractivity contribution >= 4 is 11.6 Å². The molecule has 0 radical (unpaired) electrons. The van der Waals surface area contributed by atoms with E-state index in [4.69, 9.17) is 22.1 Å². The van der Waals surface area contributed by atoms with Gasteiger partial charge in [0.15, 0.2) is 0 Å². The quantitative estimate of drug-likeness (QED) is 0.618. The van der Waals surface area contributed by atoms with Crippen molar-refractivity contribution in [3.63, 3.8) is 0 Å². The summed E-state index contributed by atoms with van der Waals surface area (Å²) >= 11 is 6.08. The molecule has 1 rings (SSSR count). The molecule has 0 atom stereocenters. The van der Waals surface area contributed by atoms with Crippen molar-refractivity contribution in [1.29, 1.82) is 0 Å². The van der Waals surface area contributed by atoms with E-state index in [0.29, 0.717) is 11.6 Å². The van der Waals surface area contributed by atoms with Gasteiger partial charge in [0.25, 0.3) is 0 Å². The highest BCUT2D eigenvalue weighted by Gasteiger charge is 2.05. The first-order valence-electron chi connectivity index (χ1n) is 7.39. The highest BCUT2D eigenvalue weighted by atomic mass is 35.5. The van der Waals surface area contributed by atoms with E-state index in [2.05, 4.69) is 6.92 Å². The molecule has 0 aliphatic rings. The Morgan fingerprint density at radius 2 is 1.74 bits per heavy atom. The number of benzene rings is 1. The van der Waals surface area contributed by atoms with Crippen molar-refractivity contribution in [2.24, 2.45) is 5.73 Å². The van der Waals surface area contributed by atoms with E-state index in [1.165, 1.54) is 38.5 Å². The van der Waals surface area contributed by atoms with Gasteiger partial charge in [0.05, 0.1) is 6.61 Å². The zero-order valence-corrected chi connectivity index (χ0v) is 12.7. The maximum absolute atomic E-state index is 6.08. The summed E-state index contributed by atoms with van der Waals surface area (Å²) in [6.07, 6.45) is 9.02. The van der Waals surface area contributed by atoms with Crippen molar-refractivity contribution < 1.29 is 4.74 Å². The number of unbranched alkanes of at least 4 members (excludes halogenated alkanes) is 6. The normalized spacial score (nSPS) is 10.7. The van der Waals surface area contributed by atoms with Crippen molar-refractivity contribution in [1.82, 2.24) is 0 Å². The van der Waals surface area contributed by atoms with Gasteiger partial charge < -0.3 is 10.5 Å². The first-order valence-corrected chi connectivity index (χ1v) is 7.77. The van der Waals surface area contributed by atoms with Gasteiger partial charge in [-0.3, -0.25) is 0 Å². The standard InChI is InChI=1S/C16H26ClNO/c1-2-3-4-5-6-7-8-12-19-16-11-9-10-15(17)14(16)13-18/h9-11H,2-8,12-13,18H2,1H3. The second kappa shape index (κ2) is 10.1. The van der Waals surface area contributed by atoms with Gasteiger partial charge in [-0.2, -0.15) is 0 Å². The summed E-state index contributed by atoms with van der Waals surface area (Å²) in [5.74, 6) is 0.834. The van der Waals surface area contributed by atoms with Crippen molar-refractivity contribution in [3.8, 4) is 5.75 Å². The molecule has 0 unspecified atom stereocenters. The molecule has 0 heterocycles. The predicted molar refractivity (Wildman–Crippen MR) is 82.8 cm³/mol. The number of rotatable bonds is 10. The smallest absolute Gasteiger partial charge is 0.125 e. The summed E-state index contributed by atoms with van der Waals surface area (Å²) < 4.78 is 5.77. The zero-order valence-electron chi connectivity index (χ0n) is 12.0. The summed E-state index contributed by atoms with van der Waals surface area (Å²) in [5, 5.41) is 0.694. The van der Waals surface area contributed by atoms with Crippen LogP contribution in [0.3, 0.4) is 0 Å². The van der Waals surface area contributed by atoms with Gasteiger partial charge in [0, 0.05) is 17.1 Å². The van der Waals surface area contributed by atoms with E-state index in [1.54, 1.807) is 0 Å². The van der Waals surface area contributed by atoms with Crippen molar-refractivity contribution in [2.45, 2.75) is 58.4 Å². The van der Waals surface area contributed by atoms with E-state index < -0.39 is 0 Å². The SMILES string of the molecule is CCCCCCCCCOc1cccc(Cl)c1CN. The average Bonchev–Trinajstić information content (AvgIpc) is 2.42. The van der Waals surface area contributed by atoms with Crippen LogP contribution in [-0.2, 0) is 6.54 Å². The van der Waals surface area contributed by atoms with Crippen LogP contribution in [0.5, 0.6) is 5.75 Å². The van der Waals surface area contributed by atoms with Gasteiger partial charge in [0.2, 0.25) is 0 Å². The van der Waals surface area contributed by atoms with Crippen LogP contribution in [0.2, 0.25) is 5.02 Å². The second-order valence-electron chi connectivity index (χ2n) is 4.89. The second-order valence-corrected chi connectivity index (χ2v) is 5.30. The molecule has 1 aromatic rings. The highest BCUT2D eigenvalue weighted by Crippen LogP contribution is 2.26. The van der Waals surface area contributed by atoms with Crippen LogP contribution < -0.4 is 10.5 Å². The Labute approximate surface area is 122 Å². The summed E-state index contributed by atoms with van der Waals surface area (Å²) in [7, 11) is 0. The summed E-state index contributed by atoms with van der Waals surface area (Å²) in [6.45, 7) is 3.42. The van der Waals surface area contributed by atoms with Crippen LogP contribution in [0, 0.1) is 0 Å². The molecule has 0 aliphatic carbocycles. The third kappa shape index (κ3) is 6.31. The molecule has 19 heavy (non-hydrogen) atoms. The van der Waals surface area contributed by atoms with Gasteiger partial charge in [-0.1, -0.05) is 63.1 Å². The van der Waals surface area contributed by atoms with Crippen LogP contribution in [0.4, 0.5) is 0 Å². The van der Waals surface area contributed by atoms with E-state index in [0.717, 1.165) is 24.3 Å². The van der Waals surface area contributed by atoms with E-state index >= 15 is 0 Å². The maximum Gasteiger partial charge on any atom is 0.125 e. The molecule has 0 amide bonds.